The van der Waals surface area contributed by atoms with Crippen LogP contribution in [0.5, 0.6) is 0 Å². The van der Waals surface area contributed by atoms with Crippen LogP contribution in [-0.2, 0) is 15.2 Å². The smallest absolute Gasteiger partial charge is 0.759 e. The molecule has 5 N–H and O–H groups in total. The van der Waals surface area contributed by atoms with E-state index < -0.39 is 16.4 Å². The van der Waals surface area contributed by atoms with Gasteiger partial charge in [-0.05, 0) is 24.3 Å². The molecule has 0 fully saturated rings. The standard InChI is InChI=1S/C9H11ClN2O2.CH4N2O.H2O4S/c1-12(14-2)9(13)11-8-5-3-7(10)4-6-8;2-1(3)4;1-5(2,3)4/h3-6H,1-2H3,(H,11,13);(H4,2,3,4);(H2,1,2,3,4). The summed E-state index contributed by atoms with van der Waals surface area (Å²) in [6.45, 7) is 0. The van der Waals surface area contributed by atoms with Crippen LogP contribution in [0.2, 0.25) is 5.02 Å². The normalized spacial score (nSPS) is 9.43. The molecule has 1 rings (SSSR count). The number of halogens is 1. The zero-order valence-corrected chi connectivity index (χ0v) is 13.6. The van der Waals surface area contributed by atoms with Crippen molar-refractivity contribution in [1.29, 1.82) is 0 Å². The van der Waals surface area contributed by atoms with Crippen LogP contribution < -0.4 is 16.8 Å². The second-order valence-corrected chi connectivity index (χ2v) is 4.68. The maximum Gasteiger partial charge on any atom is 1.00 e. The summed E-state index contributed by atoms with van der Waals surface area (Å²) in [7, 11) is -2.23. The zero-order valence-electron chi connectivity index (χ0n) is 14.1. The van der Waals surface area contributed by atoms with E-state index in [2.05, 4.69) is 16.8 Å². The number of nitrogens with one attached hydrogen (secondary N) is 1. The van der Waals surface area contributed by atoms with Crippen molar-refractivity contribution in [3.8, 4) is 0 Å². The van der Waals surface area contributed by atoms with E-state index in [1.807, 2.05) is 0 Å². The van der Waals surface area contributed by atoms with Gasteiger partial charge in [0.2, 0.25) is 0 Å². The van der Waals surface area contributed by atoms with E-state index in [-0.39, 0.29) is 8.88 Å². The number of nitrogens with zero attached hydrogens (tertiary/aromatic N) is 1. The molecule has 0 unspecified atom stereocenters. The summed E-state index contributed by atoms with van der Waals surface area (Å²) in [6, 6.07) is 5.65. The number of urea groups is 2. The number of amides is 4. The van der Waals surface area contributed by atoms with Crippen molar-refractivity contribution in [2.24, 2.45) is 11.5 Å². The van der Waals surface area contributed by atoms with Gasteiger partial charge in [0.1, 0.15) is 0 Å². The lowest BCUT2D eigenvalue weighted by Crippen LogP contribution is -2.30. The van der Waals surface area contributed by atoms with Crippen molar-refractivity contribution in [2.75, 3.05) is 19.5 Å². The second kappa shape index (κ2) is 11.4. The van der Waals surface area contributed by atoms with Crippen molar-refractivity contribution in [3.63, 3.8) is 0 Å². The molecule has 0 saturated heterocycles. The molecule has 0 radical (unpaired) electrons. The molecule has 132 valence electrons. The maximum absolute atomic E-state index is 11.3. The highest BCUT2D eigenvalue weighted by molar-refractivity contribution is 7.79. The van der Waals surface area contributed by atoms with Crippen molar-refractivity contribution in [3.05, 3.63) is 29.3 Å². The number of rotatable bonds is 2. The lowest BCUT2D eigenvalue weighted by atomic mass is 10.3. The SMILES string of the molecule is CON(C)C(=O)Nc1ccc(Cl)cc1.NC(N)=O.O=S(=O)([O-])[O-].[H+].[H+]. The average Bonchev–Trinajstić information content (AvgIpc) is 2.38. The fourth-order valence-corrected chi connectivity index (χ4v) is 0.944. The molecule has 1 aromatic carbocycles. The van der Waals surface area contributed by atoms with Gasteiger partial charge in [-0.1, -0.05) is 11.6 Å². The number of benzene rings is 1. The molecule has 0 aromatic heterocycles. The third kappa shape index (κ3) is 19.9. The van der Waals surface area contributed by atoms with Crippen LogP contribution in [0, 0.1) is 0 Å². The second-order valence-electron chi connectivity index (χ2n) is 3.43. The number of nitrogens with two attached hydrogens (primary N) is 2. The monoisotopic (exact) mass is 372 g/mol. The van der Waals surface area contributed by atoms with E-state index in [0.29, 0.717) is 10.7 Å². The molecule has 13 heteroatoms. The zero-order chi connectivity index (χ0) is 18.6. The van der Waals surface area contributed by atoms with Gasteiger partial charge in [-0.25, -0.2) is 14.7 Å². The first-order valence-electron chi connectivity index (χ1n) is 5.42. The summed E-state index contributed by atoms with van der Waals surface area (Å²) >= 11 is 5.69. The third-order valence-corrected chi connectivity index (χ3v) is 1.91. The Labute approximate surface area is 140 Å². The van der Waals surface area contributed by atoms with Gasteiger partial charge in [0.05, 0.1) is 7.11 Å². The lowest BCUT2D eigenvalue weighted by Gasteiger charge is -2.14. The first kappa shape index (κ1) is 23.2. The van der Waals surface area contributed by atoms with Crippen molar-refractivity contribution in [2.45, 2.75) is 0 Å². The highest BCUT2D eigenvalue weighted by Gasteiger charge is 2.06. The van der Waals surface area contributed by atoms with E-state index in [1.54, 1.807) is 24.3 Å². The van der Waals surface area contributed by atoms with Crippen LogP contribution in [0.25, 0.3) is 0 Å². The molecule has 23 heavy (non-hydrogen) atoms. The average molecular weight is 373 g/mol. The highest BCUT2D eigenvalue weighted by atomic mass is 35.5. The van der Waals surface area contributed by atoms with Crippen LogP contribution in [0.3, 0.4) is 0 Å². The summed E-state index contributed by atoms with van der Waals surface area (Å²) < 4.78 is 34.1. The minimum atomic E-state index is -5.17. The summed E-state index contributed by atoms with van der Waals surface area (Å²) in [5.41, 5.74) is 9.17. The van der Waals surface area contributed by atoms with Crippen LogP contribution in [0.1, 0.15) is 2.85 Å². The van der Waals surface area contributed by atoms with Crippen molar-refractivity contribution >= 4 is 39.7 Å². The lowest BCUT2D eigenvalue weighted by molar-refractivity contribution is -0.0598. The van der Waals surface area contributed by atoms with Gasteiger partial charge >= 0.3 is 14.9 Å². The maximum atomic E-state index is 11.3. The molecule has 0 spiro atoms. The molecule has 0 atom stereocenters. The fourth-order valence-electron chi connectivity index (χ4n) is 0.818. The Morgan fingerprint density at radius 1 is 1.26 bits per heavy atom. The summed E-state index contributed by atoms with van der Waals surface area (Å²) in [4.78, 5) is 25.0. The Morgan fingerprint density at radius 2 is 1.61 bits per heavy atom. The number of primary amides is 2. The summed E-state index contributed by atoms with van der Waals surface area (Å²) in [6.07, 6.45) is 0. The van der Waals surface area contributed by atoms with Crippen LogP contribution in [0.4, 0.5) is 15.3 Å². The molecule has 0 aliphatic heterocycles. The number of hydrogen-bond donors (Lipinski definition) is 3. The quantitative estimate of drug-likeness (QED) is 0.376. The minimum Gasteiger partial charge on any atom is -0.759 e. The molecule has 4 amide bonds. The number of hydroxylamine groups is 2. The Hall–Kier alpha value is -2.12. The van der Waals surface area contributed by atoms with Crippen LogP contribution >= 0.6 is 11.6 Å². The Bertz CT molecular complexity index is 592. The fraction of sp³-hybridized carbons (Fsp3) is 0.200. The number of carbonyl (C=O) groups excluding carboxylic acids is 2. The predicted molar refractivity (Wildman–Crippen MR) is 81.7 cm³/mol. The van der Waals surface area contributed by atoms with Crippen LogP contribution in [0.15, 0.2) is 24.3 Å². The van der Waals surface area contributed by atoms with Gasteiger partial charge in [0.15, 0.2) is 0 Å². The Balaban J connectivity index is -0.000000170. The highest BCUT2D eigenvalue weighted by Crippen LogP contribution is 2.13. The molecular formula is C10H17ClN4O7S. The molecule has 0 aliphatic rings. The van der Waals surface area contributed by atoms with Gasteiger partial charge in [-0.2, -0.15) is 0 Å². The molecule has 0 bridgehead atoms. The number of carbonyl (C=O) groups is 2. The summed E-state index contributed by atoms with van der Waals surface area (Å²) in [5, 5.41) is 4.34. The van der Waals surface area contributed by atoms with E-state index in [4.69, 9.17) is 38.8 Å². The topological polar surface area (TPSA) is 191 Å². The molecule has 0 aliphatic carbocycles. The molecular weight excluding hydrogens is 356 g/mol. The number of hydrogen-bond acceptors (Lipinski definition) is 7. The largest absolute Gasteiger partial charge is 1.00 e. The molecule has 0 saturated carbocycles. The first-order valence-corrected chi connectivity index (χ1v) is 7.14. The Morgan fingerprint density at radius 3 is 1.91 bits per heavy atom. The van der Waals surface area contributed by atoms with Gasteiger partial charge in [-0.15, -0.1) is 0 Å². The van der Waals surface area contributed by atoms with Crippen molar-refractivity contribution in [1.82, 2.24) is 5.06 Å². The van der Waals surface area contributed by atoms with E-state index in [9.17, 15) is 4.79 Å². The number of anilines is 1. The van der Waals surface area contributed by atoms with E-state index in [0.717, 1.165) is 5.06 Å². The van der Waals surface area contributed by atoms with E-state index >= 15 is 0 Å². The predicted octanol–water partition coefficient (Wildman–Crippen LogP) is 0.276. The first-order chi connectivity index (χ1) is 10.4. The van der Waals surface area contributed by atoms with Gasteiger partial charge in [-0.3, -0.25) is 13.3 Å². The summed E-state index contributed by atoms with van der Waals surface area (Å²) in [5.74, 6) is 0. The van der Waals surface area contributed by atoms with Gasteiger partial charge in [0.25, 0.3) is 0 Å². The molecule has 11 nitrogen and oxygen atoms in total. The van der Waals surface area contributed by atoms with Gasteiger partial charge in [0, 0.05) is 28.2 Å². The van der Waals surface area contributed by atoms with E-state index in [1.165, 1.54) is 14.2 Å². The van der Waals surface area contributed by atoms with Crippen molar-refractivity contribution < 1.29 is 34.8 Å². The minimum absolute atomic E-state index is 0. The molecule has 1 aromatic rings. The van der Waals surface area contributed by atoms with Gasteiger partial charge < -0.3 is 25.9 Å². The Kier molecular flexibility index (Phi) is 11.5. The molecule has 0 heterocycles. The third-order valence-electron chi connectivity index (χ3n) is 1.66. The van der Waals surface area contributed by atoms with Crippen LogP contribution in [-0.4, -0.2) is 48.8 Å².